The van der Waals surface area contributed by atoms with Crippen LogP contribution in [0.15, 0.2) is 72.3 Å². The van der Waals surface area contributed by atoms with Crippen molar-refractivity contribution in [2.45, 2.75) is 48.8 Å². The van der Waals surface area contributed by atoms with Crippen LogP contribution < -0.4 is 4.90 Å². The lowest BCUT2D eigenvalue weighted by atomic mass is 9.56. The highest BCUT2D eigenvalue weighted by Gasteiger charge is 2.76. The number of benzene rings is 3. The number of carbonyl (C=O) groups is 4. The lowest BCUT2D eigenvalue weighted by Crippen LogP contribution is -2.60. The van der Waals surface area contributed by atoms with Crippen molar-refractivity contribution in [2.24, 2.45) is 17.8 Å². The summed E-state index contributed by atoms with van der Waals surface area (Å²) in [6.45, 7) is 3.56. The summed E-state index contributed by atoms with van der Waals surface area (Å²) < 4.78 is 13.9. The fourth-order valence-electron chi connectivity index (χ4n) is 8.12. The Balaban J connectivity index is 1.33. The molecule has 3 aromatic rings. The molecule has 0 radical (unpaired) electrons. The minimum absolute atomic E-state index is 0.0714. The standard InChI is InChI=1S/C36H31Cl2FN2O6/c1-18-15-21(16-19(2)30(18)43)29-25-11-12-26-28(32(45)40(31(26)44)14-13-20-3-9-24(42)10-4-20)27(25)17-35(37)33(46)41(34(47)36(29,35)38)23-7-5-22(39)6-8-23/h3-11,15-16,26-29,42-43H,12-14,17H2,1-2H3/t26-,27+,28-,29-,35+,36-/m0/s1. The van der Waals surface area contributed by atoms with Gasteiger partial charge in [0, 0.05) is 12.5 Å². The van der Waals surface area contributed by atoms with Gasteiger partial charge >= 0.3 is 0 Å². The maximum Gasteiger partial charge on any atom is 0.258 e. The van der Waals surface area contributed by atoms with Crippen LogP contribution in [0.2, 0.25) is 0 Å². The number of halogens is 3. The lowest BCUT2D eigenvalue weighted by Gasteiger charge is -2.50. The molecule has 0 spiro atoms. The first-order valence-electron chi connectivity index (χ1n) is 15.4. The molecule has 0 unspecified atom stereocenters. The van der Waals surface area contributed by atoms with E-state index in [0.29, 0.717) is 28.7 Å². The maximum atomic E-state index is 14.5. The van der Waals surface area contributed by atoms with E-state index >= 15 is 0 Å². The van der Waals surface area contributed by atoms with Crippen molar-refractivity contribution in [2.75, 3.05) is 11.4 Å². The number of aryl methyl sites for hydroxylation is 2. The summed E-state index contributed by atoms with van der Waals surface area (Å²) in [4.78, 5) is 54.8. The van der Waals surface area contributed by atoms with E-state index in [4.69, 9.17) is 23.2 Å². The highest BCUT2D eigenvalue weighted by Crippen LogP contribution is 2.66. The molecule has 2 heterocycles. The fraction of sp³-hybridized carbons (Fsp3) is 0.333. The normalized spacial score (nSPS) is 29.9. The summed E-state index contributed by atoms with van der Waals surface area (Å²) in [6.07, 6.45) is 2.31. The van der Waals surface area contributed by atoms with Gasteiger partial charge in [-0.3, -0.25) is 24.1 Å². The second-order valence-corrected chi connectivity index (χ2v) is 14.2. The molecule has 2 aliphatic heterocycles. The zero-order chi connectivity index (χ0) is 33.6. The number of phenolic OH excluding ortho intramolecular Hbond substituents is 2. The van der Waals surface area contributed by atoms with Crippen molar-refractivity contribution >= 4 is 52.5 Å². The molecule has 0 bridgehead atoms. The molecule has 1 saturated carbocycles. The van der Waals surface area contributed by atoms with Crippen LogP contribution in [-0.4, -0.2) is 55.0 Å². The molecule has 4 aliphatic rings. The number of aromatic hydroxyl groups is 2. The average Bonchev–Trinajstić information content (AvgIpc) is 3.37. The number of alkyl halides is 2. The van der Waals surface area contributed by atoms with Crippen LogP contribution in [0.5, 0.6) is 11.5 Å². The number of hydrogen-bond acceptors (Lipinski definition) is 6. The molecule has 4 amide bonds. The SMILES string of the molecule is Cc1cc([C@H]2C3=CC[C@@H]4C(=O)N(CCc5ccc(O)cc5)C(=O)[C@@H]4[C@@H]3C[C@@]3(Cl)C(=O)N(c4ccc(F)cc4)C(=O)[C@@]23Cl)cc(C)c1O. The van der Waals surface area contributed by atoms with Crippen LogP contribution >= 0.6 is 23.2 Å². The molecule has 2 N–H and O–H groups in total. The summed E-state index contributed by atoms with van der Waals surface area (Å²) in [5.41, 5.74) is 3.18. The first-order chi connectivity index (χ1) is 22.3. The third kappa shape index (κ3) is 4.46. The zero-order valence-electron chi connectivity index (χ0n) is 25.5. The van der Waals surface area contributed by atoms with Gasteiger partial charge in [-0.05, 0) is 97.7 Å². The summed E-state index contributed by atoms with van der Waals surface area (Å²) in [6, 6.07) is 14.8. The molecule has 3 aromatic carbocycles. The second kappa shape index (κ2) is 10.9. The first kappa shape index (κ1) is 31.4. The van der Waals surface area contributed by atoms with Crippen LogP contribution in [0.1, 0.15) is 41.0 Å². The monoisotopic (exact) mass is 676 g/mol. The predicted molar refractivity (Wildman–Crippen MR) is 173 cm³/mol. The van der Waals surface area contributed by atoms with Crippen LogP contribution in [0.4, 0.5) is 10.1 Å². The molecule has 0 aromatic heterocycles. The van der Waals surface area contributed by atoms with Gasteiger partial charge in [-0.25, -0.2) is 9.29 Å². The number of fused-ring (bicyclic) bond motifs is 4. The van der Waals surface area contributed by atoms with Crippen LogP contribution in [-0.2, 0) is 25.6 Å². The lowest BCUT2D eigenvalue weighted by molar-refractivity contribution is -0.140. The number of nitrogens with zero attached hydrogens (tertiary/aromatic N) is 2. The third-order valence-corrected chi connectivity index (χ3v) is 11.8. The van der Waals surface area contributed by atoms with Gasteiger partial charge in [0.15, 0.2) is 9.75 Å². The van der Waals surface area contributed by atoms with Gasteiger partial charge in [0.05, 0.1) is 17.5 Å². The largest absolute Gasteiger partial charge is 0.508 e. The molecule has 47 heavy (non-hydrogen) atoms. The van der Waals surface area contributed by atoms with E-state index in [-0.39, 0.29) is 48.4 Å². The summed E-state index contributed by atoms with van der Waals surface area (Å²) in [5.74, 6) is -5.81. The number of hydrogen-bond donors (Lipinski definition) is 2. The topological polar surface area (TPSA) is 115 Å². The molecule has 6 atom stereocenters. The Kier molecular flexibility index (Phi) is 7.29. The Morgan fingerprint density at radius 1 is 0.872 bits per heavy atom. The molecular formula is C36H31Cl2FN2O6. The van der Waals surface area contributed by atoms with E-state index in [9.17, 15) is 33.8 Å². The third-order valence-electron chi connectivity index (χ3n) is 10.4. The van der Waals surface area contributed by atoms with Gasteiger partial charge in [0.2, 0.25) is 11.8 Å². The number of carbonyl (C=O) groups excluding carboxylic acids is 4. The fourth-order valence-corrected chi connectivity index (χ4v) is 9.05. The number of amides is 4. The molecular weight excluding hydrogens is 646 g/mol. The Bertz CT molecular complexity index is 1870. The number of rotatable bonds is 5. The van der Waals surface area contributed by atoms with Crippen LogP contribution in [0.25, 0.3) is 0 Å². The molecule has 3 fully saturated rings. The number of likely N-dealkylation sites (tertiary alicyclic amines) is 1. The number of imide groups is 2. The molecule has 242 valence electrons. The van der Waals surface area contributed by atoms with Gasteiger partial charge in [0.1, 0.15) is 17.3 Å². The highest BCUT2D eigenvalue weighted by molar-refractivity contribution is 6.58. The Hall–Kier alpha value is -4.21. The van der Waals surface area contributed by atoms with Gasteiger partial charge in [-0.15, -0.1) is 23.2 Å². The van der Waals surface area contributed by atoms with Crippen molar-refractivity contribution in [3.05, 3.63) is 100 Å². The van der Waals surface area contributed by atoms with Crippen molar-refractivity contribution in [1.82, 2.24) is 4.90 Å². The highest BCUT2D eigenvalue weighted by atomic mass is 35.5. The second-order valence-electron chi connectivity index (χ2n) is 13.0. The van der Waals surface area contributed by atoms with E-state index in [1.165, 1.54) is 17.0 Å². The number of anilines is 1. The molecule has 11 heteroatoms. The Morgan fingerprint density at radius 2 is 1.51 bits per heavy atom. The average molecular weight is 678 g/mol. The van der Waals surface area contributed by atoms with E-state index in [1.54, 1.807) is 50.2 Å². The Labute approximate surface area is 280 Å². The molecule has 2 saturated heterocycles. The summed E-state index contributed by atoms with van der Waals surface area (Å²) >= 11 is 14.8. The summed E-state index contributed by atoms with van der Waals surface area (Å²) in [5, 5.41) is 20.2. The van der Waals surface area contributed by atoms with Gasteiger partial charge in [0.25, 0.3) is 11.8 Å². The predicted octanol–water partition coefficient (Wildman–Crippen LogP) is 5.66. The summed E-state index contributed by atoms with van der Waals surface area (Å²) in [7, 11) is 0. The van der Waals surface area contributed by atoms with E-state index < -0.39 is 51.1 Å². The maximum absolute atomic E-state index is 14.5. The van der Waals surface area contributed by atoms with E-state index in [2.05, 4.69) is 0 Å². The molecule has 8 nitrogen and oxygen atoms in total. The smallest absolute Gasteiger partial charge is 0.258 e. The minimum atomic E-state index is -2.05. The quantitative estimate of drug-likeness (QED) is 0.205. The number of allylic oxidation sites excluding steroid dienone is 2. The van der Waals surface area contributed by atoms with Crippen molar-refractivity contribution in [3.8, 4) is 11.5 Å². The molecule has 2 aliphatic carbocycles. The Morgan fingerprint density at radius 3 is 2.15 bits per heavy atom. The number of phenols is 2. The van der Waals surface area contributed by atoms with Gasteiger partial charge in [-0.1, -0.05) is 35.9 Å². The van der Waals surface area contributed by atoms with E-state index in [1.807, 2.05) is 6.08 Å². The molecule has 7 rings (SSSR count). The van der Waals surface area contributed by atoms with Crippen molar-refractivity contribution in [1.29, 1.82) is 0 Å². The zero-order valence-corrected chi connectivity index (χ0v) is 27.1. The first-order valence-corrected chi connectivity index (χ1v) is 16.2. The van der Waals surface area contributed by atoms with Crippen molar-refractivity contribution in [3.63, 3.8) is 0 Å². The van der Waals surface area contributed by atoms with Gasteiger partial charge in [-0.2, -0.15) is 0 Å². The van der Waals surface area contributed by atoms with Crippen LogP contribution in [0, 0.1) is 37.4 Å². The van der Waals surface area contributed by atoms with Gasteiger partial charge < -0.3 is 10.2 Å². The van der Waals surface area contributed by atoms with E-state index in [0.717, 1.165) is 22.6 Å². The van der Waals surface area contributed by atoms with Crippen molar-refractivity contribution < 1.29 is 33.8 Å². The van der Waals surface area contributed by atoms with Crippen LogP contribution in [0.3, 0.4) is 0 Å². The minimum Gasteiger partial charge on any atom is -0.508 e.